The van der Waals surface area contributed by atoms with Gasteiger partial charge in [0, 0.05) is 37.1 Å². The van der Waals surface area contributed by atoms with Crippen LogP contribution in [0.15, 0.2) is 35.7 Å². The van der Waals surface area contributed by atoms with Gasteiger partial charge in [0.2, 0.25) is 0 Å². The minimum Gasteiger partial charge on any atom is -0.308 e. The van der Waals surface area contributed by atoms with Crippen LogP contribution in [-0.4, -0.2) is 37.0 Å². The van der Waals surface area contributed by atoms with Gasteiger partial charge in [-0.15, -0.1) is 11.3 Å². The number of thiophene rings is 1. The molecule has 0 aliphatic carbocycles. The van der Waals surface area contributed by atoms with Crippen molar-refractivity contribution in [2.24, 2.45) is 0 Å². The Hall–Kier alpha value is -1.30. The molecule has 0 bridgehead atoms. The van der Waals surface area contributed by atoms with Crippen molar-refractivity contribution in [3.63, 3.8) is 0 Å². The minimum atomic E-state index is -0.520. The first-order valence-corrected chi connectivity index (χ1v) is 7.75. The summed E-state index contributed by atoms with van der Waals surface area (Å²) in [5.74, 6) is -1.04. The Bertz CT molecular complexity index is 535. The molecule has 0 atom stereocenters. The van der Waals surface area contributed by atoms with E-state index in [0.29, 0.717) is 12.1 Å². The van der Waals surface area contributed by atoms with Crippen molar-refractivity contribution in [1.82, 2.24) is 9.80 Å². The lowest BCUT2D eigenvalue weighted by molar-refractivity contribution is 0.227. The molecule has 0 aliphatic heterocycles. The summed E-state index contributed by atoms with van der Waals surface area (Å²) in [6, 6.07) is 7.82. The van der Waals surface area contributed by atoms with Crippen molar-refractivity contribution in [3.05, 3.63) is 57.8 Å². The molecular weight excluding hydrogens is 290 g/mol. The monoisotopic (exact) mass is 310 g/mol. The van der Waals surface area contributed by atoms with E-state index in [2.05, 4.69) is 15.9 Å². The smallest absolute Gasteiger partial charge is 0.126 e. The van der Waals surface area contributed by atoms with Crippen LogP contribution in [0.1, 0.15) is 10.4 Å². The standard InChI is InChI=1S/C16H20F2N2S/c1-19(2)5-6-20(12-16-4-3-7-21-16)11-13-8-14(17)10-15(18)9-13/h3-4,7-10H,5-6,11-12H2,1-2H3. The first-order chi connectivity index (χ1) is 10.0. The van der Waals surface area contributed by atoms with E-state index in [1.807, 2.05) is 25.5 Å². The lowest BCUT2D eigenvalue weighted by Gasteiger charge is -2.23. The van der Waals surface area contributed by atoms with E-state index in [4.69, 9.17) is 0 Å². The quantitative estimate of drug-likeness (QED) is 0.771. The summed E-state index contributed by atoms with van der Waals surface area (Å²) >= 11 is 1.70. The van der Waals surface area contributed by atoms with Crippen LogP contribution in [0.25, 0.3) is 0 Å². The largest absolute Gasteiger partial charge is 0.308 e. The second-order valence-electron chi connectivity index (χ2n) is 5.37. The van der Waals surface area contributed by atoms with Crippen molar-refractivity contribution in [2.75, 3.05) is 27.2 Å². The number of halogens is 2. The average Bonchev–Trinajstić information content (AvgIpc) is 2.87. The Morgan fingerprint density at radius 1 is 1.00 bits per heavy atom. The molecule has 0 fully saturated rings. The molecule has 0 saturated carbocycles. The van der Waals surface area contributed by atoms with Crippen LogP contribution in [-0.2, 0) is 13.1 Å². The van der Waals surface area contributed by atoms with Crippen molar-refractivity contribution < 1.29 is 8.78 Å². The van der Waals surface area contributed by atoms with Crippen LogP contribution in [0.3, 0.4) is 0 Å². The van der Waals surface area contributed by atoms with Crippen molar-refractivity contribution >= 4 is 11.3 Å². The van der Waals surface area contributed by atoms with Crippen LogP contribution in [0.4, 0.5) is 8.78 Å². The van der Waals surface area contributed by atoms with E-state index in [9.17, 15) is 8.78 Å². The van der Waals surface area contributed by atoms with Gasteiger partial charge in [-0.1, -0.05) is 6.07 Å². The molecule has 2 rings (SSSR count). The van der Waals surface area contributed by atoms with Gasteiger partial charge in [0.15, 0.2) is 0 Å². The van der Waals surface area contributed by atoms with E-state index >= 15 is 0 Å². The maximum absolute atomic E-state index is 13.3. The number of hydrogen-bond acceptors (Lipinski definition) is 3. The van der Waals surface area contributed by atoms with Gasteiger partial charge in [-0.2, -0.15) is 0 Å². The molecule has 114 valence electrons. The number of nitrogens with zero attached hydrogens (tertiary/aromatic N) is 2. The number of rotatable bonds is 7. The summed E-state index contributed by atoms with van der Waals surface area (Å²) in [5.41, 5.74) is 0.669. The highest BCUT2D eigenvalue weighted by atomic mass is 32.1. The maximum Gasteiger partial charge on any atom is 0.126 e. The Morgan fingerprint density at radius 3 is 2.29 bits per heavy atom. The molecule has 21 heavy (non-hydrogen) atoms. The van der Waals surface area contributed by atoms with Gasteiger partial charge in [-0.05, 0) is 43.2 Å². The molecule has 5 heteroatoms. The lowest BCUT2D eigenvalue weighted by atomic mass is 10.2. The van der Waals surface area contributed by atoms with Crippen LogP contribution in [0.5, 0.6) is 0 Å². The van der Waals surface area contributed by atoms with Gasteiger partial charge in [0.1, 0.15) is 11.6 Å². The SMILES string of the molecule is CN(C)CCN(Cc1cc(F)cc(F)c1)Cc1cccs1. The van der Waals surface area contributed by atoms with Gasteiger partial charge in [0.25, 0.3) is 0 Å². The maximum atomic E-state index is 13.3. The van der Waals surface area contributed by atoms with Crippen molar-refractivity contribution in [2.45, 2.75) is 13.1 Å². The molecule has 0 radical (unpaired) electrons. The van der Waals surface area contributed by atoms with Gasteiger partial charge in [-0.25, -0.2) is 8.78 Å². The predicted octanol–water partition coefficient (Wildman–Crippen LogP) is 3.59. The van der Waals surface area contributed by atoms with Crippen molar-refractivity contribution in [3.8, 4) is 0 Å². The average molecular weight is 310 g/mol. The molecule has 2 aromatic rings. The zero-order chi connectivity index (χ0) is 15.2. The van der Waals surface area contributed by atoms with Crippen LogP contribution < -0.4 is 0 Å². The van der Waals surface area contributed by atoms with E-state index in [-0.39, 0.29) is 0 Å². The molecular formula is C16H20F2N2S. The predicted molar refractivity (Wildman–Crippen MR) is 83.3 cm³/mol. The molecule has 0 aliphatic rings. The fourth-order valence-electron chi connectivity index (χ4n) is 2.14. The van der Waals surface area contributed by atoms with Crippen molar-refractivity contribution in [1.29, 1.82) is 0 Å². The zero-order valence-corrected chi connectivity index (χ0v) is 13.2. The molecule has 1 aromatic heterocycles. The number of benzene rings is 1. The highest BCUT2D eigenvalue weighted by molar-refractivity contribution is 7.09. The molecule has 0 spiro atoms. The fourth-order valence-corrected chi connectivity index (χ4v) is 2.88. The Kier molecular flexibility index (Phi) is 5.85. The molecule has 0 unspecified atom stereocenters. The summed E-state index contributed by atoms with van der Waals surface area (Å²) in [7, 11) is 4.04. The third kappa shape index (κ3) is 5.53. The highest BCUT2D eigenvalue weighted by Crippen LogP contribution is 2.16. The summed E-state index contributed by atoms with van der Waals surface area (Å²) in [5, 5.41) is 2.04. The van der Waals surface area contributed by atoms with E-state index in [0.717, 1.165) is 25.7 Å². The molecule has 0 N–H and O–H groups in total. The Balaban J connectivity index is 2.06. The third-order valence-electron chi connectivity index (χ3n) is 3.15. The normalized spacial score (nSPS) is 11.5. The summed E-state index contributed by atoms with van der Waals surface area (Å²) < 4.78 is 26.6. The Morgan fingerprint density at radius 2 is 1.71 bits per heavy atom. The lowest BCUT2D eigenvalue weighted by Crippen LogP contribution is -2.30. The first-order valence-electron chi connectivity index (χ1n) is 6.87. The summed E-state index contributed by atoms with van der Waals surface area (Å²) in [6.45, 7) is 3.09. The van der Waals surface area contributed by atoms with Crippen LogP contribution >= 0.6 is 11.3 Å². The topological polar surface area (TPSA) is 6.48 Å². The molecule has 0 amide bonds. The molecule has 0 saturated heterocycles. The Labute approximate surface area is 128 Å². The second-order valence-corrected chi connectivity index (χ2v) is 6.40. The van der Waals surface area contributed by atoms with Crippen LogP contribution in [0, 0.1) is 11.6 Å². The third-order valence-corrected chi connectivity index (χ3v) is 4.01. The summed E-state index contributed by atoms with van der Waals surface area (Å²) in [4.78, 5) is 5.57. The van der Waals surface area contributed by atoms with E-state index < -0.39 is 11.6 Å². The van der Waals surface area contributed by atoms with Gasteiger partial charge in [0.05, 0.1) is 0 Å². The molecule has 2 nitrogen and oxygen atoms in total. The molecule has 1 aromatic carbocycles. The summed E-state index contributed by atoms with van der Waals surface area (Å²) in [6.07, 6.45) is 0. The number of likely N-dealkylation sites (N-methyl/N-ethyl adjacent to an activating group) is 1. The first kappa shape index (κ1) is 16.1. The molecule has 1 heterocycles. The highest BCUT2D eigenvalue weighted by Gasteiger charge is 2.10. The van der Waals surface area contributed by atoms with E-state index in [1.54, 1.807) is 11.3 Å². The van der Waals surface area contributed by atoms with E-state index in [1.165, 1.54) is 17.0 Å². The minimum absolute atomic E-state index is 0.520. The van der Waals surface area contributed by atoms with Crippen LogP contribution in [0.2, 0.25) is 0 Å². The fraction of sp³-hybridized carbons (Fsp3) is 0.375. The van der Waals surface area contributed by atoms with Gasteiger partial charge >= 0.3 is 0 Å². The van der Waals surface area contributed by atoms with Gasteiger partial charge in [-0.3, -0.25) is 4.90 Å². The van der Waals surface area contributed by atoms with Gasteiger partial charge < -0.3 is 4.90 Å². The second kappa shape index (κ2) is 7.64. The zero-order valence-electron chi connectivity index (χ0n) is 12.4. The number of hydrogen-bond donors (Lipinski definition) is 0.